The van der Waals surface area contributed by atoms with Gasteiger partial charge in [0.25, 0.3) is 0 Å². The Morgan fingerprint density at radius 3 is 1.54 bits per heavy atom. The minimum Gasteiger partial charge on any atom is -0.370 e. The van der Waals surface area contributed by atoms with Gasteiger partial charge in [0.05, 0.1) is 24.2 Å². The van der Waals surface area contributed by atoms with E-state index in [9.17, 15) is 57.5 Å². The van der Waals surface area contributed by atoms with Gasteiger partial charge in [-0.15, -0.1) is 0 Å². The van der Waals surface area contributed by atoms with Gasteiger partial charge in [0.1, 0.15) is 12.1 Å². The van der Waals surface area contributed by atoms with E-state index in [4.69, 9.17) is 57.3 Å². The summed E-state index contributed by atoms with van der Waals surface area (Å²) in [6.07, 6.45) is 1.15. The molecular formula is C58H108N20O12. The number of hydrogen-bond donors (Lipinski definition) is 17. The predicted molar refractivity (Wildman–Crippen MR) is 340 cm³/mol. The van der Waals surface area contributed by atoms with Gasteiger partial charge in [-0.3, -0.25) is 67.5 Å². The van der Waals surface area contributed by atoms with E-state index in [1.54, 1.807) is 20.9 Å². The maximum absolute atomic E-state index is 14.6. The van der Waals surface area contributed by atoms with Crippen molar-refractivity contribution in [3.63, 3.8) is 0 Å². The SMILES string of the molecule is CN[C@@H](CCCNCN)C(=O)C[C@@H](CCCNCN)C(=O)N1CCC[C@H]1C(=O)N[C@@H](CCC(N)=O)C(=O)N[C@@H](CCCN=C(N)N)C(=O)C[C@@H](CCC(N)=O)C(=O)N[C@@H](CCCCN)C(=O)C[C@@H](C)C(=O)N[C@H](C(=O)C[C@@H](CCCN=C(N)N)C(N)=O)C(C)C. The number of hydrogen-bond acceptors (Lipinski definition) is 20. The molecule has 10 atom stereocenters. The first-order valence-corrected chi connectivity index (χ1v) is 31.4. The maximum Gasteiger partial charge on any atom is 0.243 e. The van der Waals surface area contributed by atoms with Crippen molar-refractivity contribution in [2.45, 2.75) is 192 Å². The van der Waals surface area contributed by atoms with E-state index in [0.717, 1.165) is 0 Å². The molecule has 0 saturated carbocycles. The van der Waals surface area contributed by atoms with Crippen molar-refractivity contribution in [3.05, 3.63) is 0 Å². The Hall–Kier alpha value is -7.26. The van der Waals surface area contributed by atoms with Gasteiger partial charge in [-0.05, 0) is 129 Å². The van der Waals surface area contributed by atoms with Gasteiger partial charge in [-0.25, -0.2) is 0 Å². The van der Waals surface area contributed by atoms with Crippen molar-refractivity contribution in [1.82, 2.24) is 42.1 Å². The summed E-state index contributed by atoms with van der Waals surface area (Å²) in [5.41, 5.74) is 55.5. The van der Waals surface area contributed by atoms with Gasteiger partial charge in [0, 0.05) is 95.2 Å². The summed E-state index contributed by atoms with van der Waals surface area (Å²) in [5.74, 6) is -12.7. The molecular weight excluding hydrogens is 1170 g/mol. The molecule has 27 N–H and O–H groups in total. The molecule has 8 amide bonds. The lowest BCUT2D eigenvalue weighted by Gasteiger charge is -2.30. The summed E-state index contributed by atoms with van der Waals surface area (Å²) < 4.78 is 0. The molecule has 1 heterocycles. The first-order valence-electron chi connectivity index (χ1n) is 31.4. The summed E-state index contributed by atoms with van der Waals surface area (Å²) in [4.78, 5) is 173. The van der Waals surface area contributed by atoms with Crippen LogP contribution in [-0.2, 0) is 57.5 Å². The summed E-state index contributed by atoms with van der Waals surface area (Å²) in [6.45, 7) is 7.02. The second-order valence-electron chi connectivity index (χ2n) is 23.4. The number of carbonyl (C=O) groups excluding carboxylic acids is 12. The van der Waals surface area contributed by atoms with E-state index in [1.165, 1.54) is 11.8 Å². The topological polar surface area (TPSA) is 577 Å². The van der Waals surface area contributed by atoms with Crippen LogP contribution in [0.5, 0.6) is 0 Å². The van der Waals surface area contributed by atoms with Crippen LogP contribution in [0.2, 0.25) is 0 Å². The lowest BCUT2D eigenvalue weighted by Crippen LogP contribution is -2.56. The molecule has 32 nitrogen and oxygen atoms in total. The zero-order chi connectivity index (χ0) is 67.9. The summed E-state index contributed by atoms with van der Waals surface area (Å²) >= 11 is 0. The minimum absolute atomic E-state index is 0.00498. The number of amides is 8. The zero-order valence-electron chi connectivity index (χ0n) is 53.4. The minimum atomic E-state index is -1.50. The summed E-state index contributed by atoms with van der Waals surface area (Å²) in [5, 5.41) is 19.8. The normalized spacial score (nSPS) is 16.0. The molecule has 512 valence electrons. The first kappa shape index (κ1) is 80.8. The van der Waals surface area contributed by atoms with E-state index >= 15 is 0 Å². The van der Waals surface area contributed by atoms with Gasteiger partial charge < -0.3 is 99.5 Å². The third-order valence-corrected chi connectivity index (χ3v) is 15.7. The number of nitrogens with one attached hydrogen (secondary N) is 7. The molecule has 1 saturated heterocycles. The van der Waals surface area contributed by atoms with Crippen LogP contribution in [0.4, 0.5) is 0 Å². The number of likely N-dealkylation sites (tertiary alicyclic amines) is 1. The van der Waals surface area contributed by atoms with E-state index in [-0.39, 0.29) is 121 Å². The third kappa shape index (κ3) is 32.5. The quantitative estimate of drug-likeness (QED) is 0.0118. The number of aliphatic imine (C=N–C) groups is 2. The maximum atomic E-state index is 14.6. The monoisotopic (exact) mass is 1280 g/mol. The van der Waals surface area contributed by atoms with Gasteiger partial charge in [0.2, 0.25) is 47.3 Å². The van der Waals surface area contributed by atoms with Crippen LogP contribution < -0.4 is 94.6 Å². The van der Waals surface area contributed by atoms with E-state index in [0.29, 0.717) is 64.5 Å². The Kier molecular flexibility index (Phi) is 40.4. The van der Waals surface area contributed by atoms with Crippen molar-refractivity contribution in [1.29, 1.82) is 0 Å². The van der Waals surface area contributed by atoms with Crippen LogP contribution in [-0.4, -0.2) is 183 Å². The van der Waals surface area contributed by atoms with Gasteiger partial charge in [-0.1, -0.05) is 20.8 Å². The zero-order valence-corrected chi connectivity index (χ0v) is 53.4. The molecule has 1 aliphatic rings. The van der Waals surface area contributed by atoms with E-state index in [1.807, 2.05) is 0 Å². The highest BCUT2D eigenvalue weighted by Gasteiger charge is 2.40. The number of carbonyl (C=O) groups is 12. The number of nitrogens with two attached hydrogens (primary N) is 10. The highest BCUT2D eigenvalue weighted by molar-refractivity contribution is 5.99. The number of nitrogens with zero attached hydrogens (tertiary/aromatic N) is 3. The van der Waals surface area contributed by atoms with Crippen molar-refractivity contribution in [2.75, 3.05) is 59.7 Å². The smallest absolute Gasteiger partial charge is 0.243 e. The molecule has 0 aromatic carbocycles. The number of unbranched alkanes of at least 4 members (excludes halogenated alkanes) is 1. The molecule has 0 aromatic heterocycles. The third-order valence-electron chi connectivity index (χ3n) is 15.7. The predicted octanol–water partition coefficient (Wildman–Crippen LogP) is -4.69. The fraction of sp³-hybridized carbons (Fsp3) is 0.759. The second kappa shape index (κ2) is 45.1. The Balaban J connectivity index is 3.55. The summed E-state index contributed by atoms with van der Waals surface area (Å²) in [6, 6.07) is -6.81. The van der Waals surface area contributed by atoms with Gasteiger partial charge in [-0.2, -0.15) is 0 Å². The van der Waals surface area contributed by atoms with Crippen molar-refractivity contribution >= 4 is 82.3 Å². The molecule has 1 fully saturated rings. The van der Waals surface area contributed by atoms with Crippen LogP contribution in [0, 0.1) is 29.6 Å². The molecule has 1 aliphatic heterocycles. The fourth-order valence-electron chi connectivity index (χ4n) is 10.6. The lowest BCUT2D eigenvalue weighted by molar-refractivity contribution is -0.144. The van der Waals surface area contributed by atoms with E-state index < -0.39 is 150 Å². The Bertz CT molecular complexity index is 2390. The molecule has 0 aromatic rings. The molecule has 0 unspecified atom stereocenters. The molecule has 0 aliphatic carbocycles. The van der Waals surface area contributed by atoms with Crippen molar-refractivity contribution in [2.24, 2.45) is 96.9 Å². The van der Waals surface area contributed by atoms with Crippen molar-refractivity contribution in [3.8, 4) is 0 Å². The summed E-state index contributed by atoms with van der Waals surface area (Å²) in [7, 11) is 1.66. The highest BCUT2D eigenvalue weighted by Crippen LogP contribution is 2.26. The molecule has 32 heteroatoms. The first-order chi connectivity index (χ1) is 42.6. The average molecular weight is 1280 g/mol. The standard InChI is InChI=1S/C58H108N20O12/c1-34(2)50(47(82)29-36(51(64)85)12-8-25-72-57(65)66)77-52(86)35(3)28-44(79)40(14-5-6-22-59)74-53(87)37(18-20-48(62)83)30-46(81)41(16-10-26-73-58(67)68)75-54(88)42(19-21-49(63)84)76-55(89)43-17-11-27-78(43)56(90)38(13-7-23-70-32-60)31-45(80)39(69-4)15-9-24-71-33-61/h34-43,50,69-71H,5-33,59-61H2,1-4H3,(H2,62,83)(H2,63,84)(H2,64,85)(H,74,87)(H,75,88)(H,76,89)(H,77,86)(H4,65,66,72)(H4,67,68,73)/t35-,36-,37-,38-,39+,40+,41+,42+,43+,50+/m1/s1. The molecule has 0 spiro atoms. The van der Waals surface area contributed by atoms with E-state index in [2.05, 4.69) is 47.2 Å². The van der Waals surface area contributed by atoms with Gasteiger partial charge in [0.15, 0.2) is 35.1 Å². The Morgan fingerprint density at radius 1 is 0.500 bits per heavy atom. The van der Waals surface area contributed by atoms with Crippen molar-refractivity contribution < 1.29 is 57.5 Å². The van der Waals surface area contributed by atoms with Crippen LogP contribution >= 0.6 is 0 Å². The number of primary amides is 3. The van der Waals surface area contributed by atoms with Crippen LogP contribution in [0.3, 0.4) is 0 Å². The number of likely N-dealkylation sites (N-methyl/N-ethyl adjacent to an activating group) is 1. The number of guanidine groups is 2. The fourth-order valence-corrected chi connectivity index (χ4v) is 10.6. The number of ketones is 4. The molecule has 1 rings (SSSR count). The van der Waals surface area contributed by atoms with Crippen LogP contribution in [0.1, 0.15) is 156 Å². The highest BCUT2D eigenvalue weighted by atomic mass is 16.2. The molecule has 90 heavy (non-hydrogen) atoms. The molecule has 0 bridgehead atoms. The van der Waals surface area contributed by atoms with Gasteiger partial charge >= 0.3 is 0 Å². The average Bonchev–Trinajstić information content (AvgIpc) is 1.71. The largest absolute Gasteiger partial charge is 0.370 e. The lowest BCUT2D eigenvalue weighted by atomic mass is 9.89. The second-order valence-corrected chi connectivity index (χ2v) is 23.4. The Labute approximate surface area is 528 Å². The number of Topliss-reactive ketones (excluding diaryl/α,β-unsaturated/α-hetero) is 4. The van der Waals surface area contributed by atoms with Crippen LogP contribution in [0.25, 0.3) is 0 Å². The number of rotatable bonds is 52. The van der Waals surface area contributed by atoms with Crippen LogP contribution in [0.15, 0.2) is 9.98 Å². The Morgan fingerprint density at radius 2 is 1.00 bits per heavy atom. The molecule has 0 radical (unpaired) electrons.